The molecule has 7 heteroatoms. The van der Waals surface area contributed by atoms with Crippen molar-refractivity contribution < 1.29 is 4.74 Å². The van der Waals surface area contributed by atoms with Crippen molar-refractivity contribution in [3.05, 3.63) is 36.9 Å². The highest BCUT2D eigenvalue weighted by atomic mass is 16.5. The summed E-state index contributed by atoms with van der Waals surface area (Å²) >= 11 is 0. The first-order valence-corrected chi connectivity index (χ1v) is 8.61. The number of ether oxygens (including phenoxy) is 1. The second-order valence-electron chi connectivity index (χ2n) is 6.10. The molecule has 4 rings (SSSR count). The molecular formula is C18H22N6O. The standard InChI is InChI=1S/C18H22N6O/c1-3-25-15-7-5-4-6-14(15)23-8-10-24(11-9-23)18-16-17(19-12-20-18)22(2)13-21-16/h4-7,12-13H,3,8-11H2,1-2H3. The maximum Gasteiger partial charge on any atom is 0.165 e. The lowest BCUT2D eigenvalue weighted by atomic mass is 10.2. The van der Waals surface area contributed by atoms with Gasteiger partial charge in [-0.15, -0.1) is 0 Å². The molecule has 0 bridgehead atoms. The van der Waals surface area contributed by atoms with Gasteiger partial charge in [-0.1, -0.05) is 12.1 Å². The van der Waals surface area contributed by atoms with Crippen molar-refractivity contribution >= 4 is 22.7 Å². The molecule has 3 heterocycles. The zero-order valence-corrected chi connectivity index (χ0v) is 14.6. The number of imidazole rings is 1. The number of para-hydroxylation sites is 2. The Morgan fingerprint density at radius 3 is 2.56 bits per heavy atom. The van der Waals surface area contributed by atoms with E-state index in [0.717, 1.165) is 54.6 Å². The molecule has 0 spiro atoms. The number of aromatic nitrogens is 4. The third kappa shape index (κ3) is 2.86. The molecule has 0 unspecified atom stereocenters. The molecule has 2 aromatic heterocycles. The van der Waals surface area contributed by atoms with Crippen LogP contribution in [0.3, 0.4) is 0 Å². The van der Waals surface area contributed by atoms with Crippen molar-refractivity contribution in [3.8, 4) is 5.75 Å². The molecule has 0 amide bonds. The van der Waals surface area contributed by atoms with E-state index in [9.17, 15) is 0 Å². The van der Waals surface area contributed by atoms with E-state index in [1.807, 2.05) is 30.7 Å². The van der Waals surface area contributed by atoms with E-state index in [4.69, 9.17) is 4.74 Å². The Morgan fingerprint density at radius 1 is 1.00 bits per heavy atom. The van der Waals surface area contributed by atoms with Gasteiger partial charge in [-0.3, -0.25) is 0 Å². The normalized spacial score (nSPS) is 15.0. The van der Waals surface area contributed by atoms with Gasteiger partial charge in [-0.05, 0) is 19.1 Å². The topological polar surface area (TPSA) is 59.3 Å². The molecule has 0 aliphatic carbocycles. The number of benzene rings is 1. The average molecular weight is 338 g/mol. The van der Waals surface area contributed by atoms with Gasteiger partial charge in [-0.25, -0.2) is 15.0 Å². The van der Waals surface area contributed by atoms with Crippen LogP contribution in [0.5, 0.6) is 5.75 Å². The summed E-state index contributed by atoms with van der Waals surface area (Å²) in [6.45, 7) is 6.31. The SMILES string of the molecule is CCOc1ccccc1N1CCN(c2ncnc3c2ncn3C)CC1. The summed E-state index contributed by atoms with van der Waals surface area (Å²) in [5, 5.41) is 0. The van der Waals surface area contributed by atoms with E-state index in [1.165, 1.54) is 0 Å². The summed E-state index contributed by atoms with van der Waals surface area (Å²) in [6, 6.07) is 8.24. The fourth-order valence-electron chi connectivity index (χ4n) is 3.32. The number of hydrogen-bond donors (Lipinski definition) is 0. The highest BCUT2D eigenvalue weighted by molar-refractivity contribution is 5.83. The number of piperazine rings is 1. The highest BCUT2D eigenvalue weighted by Crippen LogP contribution is 2.30. The lowest BCUT2D eigenvalue weighted by Crippen LogP contribution is -2.47. The minimum absolute atomic E-state index is 0.676. The van der Waals surface area contributed by atoms with Crippen LogP contribution in [0.2, 0.25) is 0 Å². The van der Waals surface area contributed by atoms with Crippen molar-refractivity contribution in [2.45, 2.75) is 6.92 Å². The molecule has 0 saturated carbocycles. The Bertz CT molecular complexity index is 869. The summed E-state index contributed by atoms with van der Waals surface area (Å²) in [4.78, 5) is 17.9. The number of hydrogen-bond acceptors (Lipinski definition) is 6. The van der Waals surface area contributed by atoms with Gasteiger partial charge in [0.1, 0.15) is 12.1 Å². The lowest BCUT2D eigenvalue weighted by Gasteiger charge is -2.37. The van der Waals surface area contributed by atoms with Crippen LogP contribution < -0.4 is 14.5 Å². The Balaban J connectivity index is 1.54. The van der Waals surface area contributed by atoms with Crippen molar-refractivity contribution in [2.75, 3.05) is 42.6 Å². The summed E-state index contributed by atoms with van der Waals surface area (Å²) in [7, 11) is 1.95. The molecule has 25 heavy (non-hydrogen) atoms. The number of anilines is 2. The smallest absolute Gasteiger partial charge is 0.165 e. The van der Waals surface area contributed by atoms with E-state index in [0.29, 0.717) is 6.61 Å². The van der Waals surface area contributed by atoms with Crippen LogP contribution in [0.4, 0.5) is 11.5 Å². The van der Waals surface area contributed by atoms with Gasteiger partial charge < -0.3 is 19.1 Å². The molecule has 130 valence electrons. The fourth-order valence-corrected chi connectivity index (χ4v) is 3.32. The molecule has 0 N–H and O–H groups in total. The van der Waals surface area contributed by atoms with E-state index in [1.54, 1.807) is 12.7 Å². The Hall–Kier alpha value is -2.83. The molecule has 3 aromatic rings. The number of fused-ring (bicyclic) bond motifs is 1. The van der Waals surface area contributed by atoms with Crippen LogP contribution in [-0.2, 0) is 7.05 Å². The molecular weight excluding hydrogens is 316 g/mol. The molecule has 1 saturated heterocycles. The van der Waals surface area contributed by atoms with Crippen molar-refractivity contribution in [3.63, 3.8) is 0 Å². The molecule has 0 radical (unpaired) electrons. The van der Waals surface area contributed by atoms with Crippen LogP contribution in [0.25, 0.3) is 11.2 Å². The van der Waals surface area contributed by atoms with Crippen molar-refractivity contribution in [2.24, 2.45) is 7.05 Å². The van der Waals surface area contributed by atoms with Crippen molar-refractivity contribution in [1.82, 2.24) is 19.5 Å². The van der Waals surface area contributed by atoms with Crippen molar-refractivity contribution in [1.29, 1.82) is 0 Å². The quantitative estimate of drug-likeness (QED) is 0.726. The Kier molecular flexibility index (Phi) is 4.13. The van der Waals surface area contributed by atoms with Gasteiger partial charge >= 0.3 is 0 Å². The molecule has 7 nitrogen and oxygen atoms in total. The van der Waals surface area contributed by atoms with Gasteiger partial charge in [0, 0.05) is 33.2 Å². The van der Waals surface area contributed by atoms with E-state index in [-0.39, 0.29) is 0 Å². The monoisotopic (exact) mass is 338 g/mol. The second-order valence-corrected chi connectivity index (χ2v) is 6.10. The largest absolute Gasteiger partial charge is 0.492 e. The van der Waals surface area contributed by atoms with Crippen LogP contribution in [0.1, 0.15) is 6.92 Å². The summed E-state index contributed by atoms with van der Waals surface area (Å²) in [5.41, 5.74) is 2.90. The lowest BCUT2D eigenvalue weighted by molar-refractivity contribution is 0.340. The first kappa shape index (κ1) is 15.7. The minimum atomic E-state index is 0.676. The third-order valence-corrected chi connectivity index (χ3v) is 4.56. The van der Waals surface area contributed by atoms with Gasteiger partial charge in [0.15, 0.2) is 17.0 Å². The summed E-state index contributed by atoms with van der Waals surface area (Å²) in [6.07, 6.45) is 3.41. The van der Waals surface area contributed by atoms with E-state index < -0.39 is 0 Å². The molecule has 1 fully saturated rings. The van der Waals surface area contributed by atoms with E-state index >= 15 is 0 Å². The van der Waals surface area contributed by atoms with Gasteiger partial charge in [0.05, 0.1) is 18.6 Å². The summed E-state index contributed by atoms with van der Waals surface area (Å²) in [5.74, 6) is 1.87. The maximum atomic E-state index is 5.77. The highest BCUT2D eigenvalue weighted by Gasteiger charge is 2.23. The van der Waals surface area contributed by atoms with Crippen LogP contribution >= 0.6 is 0 Å². The molecule has 0 atom stereocenters. The first-order valence-electron chi connectivity index (χ1n) is 8.61. The van der Waals surface area contributed by atoms with Gasteiger partial charge in [0.2, 0.25) is 0 Å². The molecule has 1 aliphatic heterocycles. The van der Waals surface area contributed by atoms with Crippen LogP contribution in [-0.4, -0.2) is 52.3 Å². The third-order valence-electron chi connectivity index (χ3n) is 4.56. The molecule has 1 aromatic carbocycles. The number of rotatable bonds is 4. The number of aryl methyl sites for hydroxylation is 1. The Labute approximate surface area is 146 Å². The average Bonchev–Trinajstić information content (AvgIpc) is 3.04. The molecule has 1 aliphatic rings. The van der Waals surface area contributed by atoms with Crippen LogP contribution in [0, 0.1) is 0 Å². The first-order chi connectivity index (χ1) is 12.3. The summed E-state index contributed by atoms with van der Waals surface area (Å²) < 4.78 is 7.70. The zero-order chi connectivity index (χ0) is 17.2. The van der Waals surface area contributed by atoms with E-state index in [2.05, 4.69) is 36.9 Å². The fraction of sp³-hybridized carbons (Fsp3) is 0.389. The number of nitrogens with zero attached hydrogens (tertiary/aromatic N) is 6. The van der Waals surface area contributed by atoms with Gasteiger partial charge in [-0.2, -0.15) is 0 Å². The van der Waals surface area contributed by atoms with Crippen LogP contribution in [0.15, 0.2) is 36.9 Å². The minimum Gasteiger partial charge on any atom is -0.492 e. The zero-order valence-electron chi connectivity index (χ0n) is 14.6. The second kappa shape index (κ2) is 6.58. The predicted molar refractivity (Wildman–Crippen MR) is 98.3 cm³/mol. The Morgan fingerprint density at radius 2 is 1.76 bits per heavy atom. The predicted octanol–water partition coefficient (Wildman–Crippen LogP) is 2.09. The maximum absolute atomic E-state index is 5.77. The van der Waals surface area contributed by atoms with Gasteiger partial charge in [0.25, 0.3) is 0 Å².